The summed E-state index contributed by atoms with van der Waals surface area (Å²) in [6.45, 7) is 7.91. The summed E-state index contributed by atoms with van der Waals surface area (Å²) in [4.78, 5) is 13.4. The zero-order chi connectivity index (χ0) is 15.6. The predicted molar refractivity (Wildman–Crippen MR) is 82.5 cm³/mol. The fraction of sp³-hybridized carbons (Fsp3) is 0.562. The van der Waals surface area contributed by atoms with Crippen molar-refractivity contribution in [1.29, 1.82) is 0 Å². The average Bonchev–Trinajstić information content (AvgIpc) is 2.85. The largest absolute Gasteiger partial charge is 0.370 e. The molecule has 1 heterocycles. The van der Waals surface area contributed by atoms with Gasteiger partial charge < -0.3 is 16.0 Å². The lowest BCUT2D eigenvalue weighted by Crippen LogP contribution is -2.36. The Morgan fingerprint density at radius 1 is 1.48 bits per heavy atom. The molecule has 0 aliphatic carbocycles. The Hall–Kier alpha value is -1.62. The van der Waals surface area contributed by atoms with E-state index in [1.807, 2.05) is 26.8 Å². The van der Waals surface area contributed by atoms with E-state index >= 15 is 0 Å². The number of halogens is 1. The molecule has 1 aromatic rings. The molecule has 1 unspecified atom stereocenters. The maximum absolute atomic E-state index is 14.2. The van der Waals surface area contributed by atoms with E-state index in [2.05, 4.69) is 10.2 Å². The molecule has 3 N–H and O–H groups in total. The average molecular weight is 293 g/mol. The Labute approximate surface area is 125 Å². The molecule has 0 spiro atoms. The van der Waals surface area contributed by atoms with E-state index in [9.17, 15) is 9.18 Å². The van der Waals surface area contributed by atoms with Crippen LogP contribution < -0.4 is 16.0 Å². The minimum absolute atomic E-state index is 0.0830. The van der Waals surface area contributed by atoms with Crippen LogP contribution in [0.3, 0.4) is 0 Å². The standard InChI is InChI=1S/C16H24FN3O/c1-16(2,3)19-9-12-13(17)5-4-6-14(12)20-8-7-11(10-20)15(18)21/h4-6,11,19H,7-10H2,1-3H3,(H2,18,21). The van der Waals surface area contributed by atoms with Gasteiger partial charge in [-0.15, -0.1) is 0 Å². The maximum atomic E-state index is 14.2. The fourth-order valence-electron chi connectivity index (χ4n) is 2.58. The fourth-order valence-corrected chi connectivity index (χ4v) is 2.58. The van der Waals surface area contributed by atoms with Gasteiger partial charge in [-0.2, -0.15) is 0 Å². The Morgan fingerprint density at radius 2 is 2.19 bits per heavy atom. The third-order valence-corrected chi connectivity index (χ3v) is 3.82. The van der Waals surface area contributed by atoms with Crippen molar-refractivity contribution < 1.29 is 9.18 Å². The van der Waals surface area contributed by atoms with Crippen molar-refractivity contribution in [1.82, 2.24) is 5.32 Å². The van der Waals surface area contributed by atoms with Crippen molar-refractivity contribution in [2.75, 3.05) is 18.0 Å². The number of hydrogen-bond donors (Lipinski definition) is 2. The van der Waals surface area contributed by atoms with Crippen LogP contribution in [-0.4, -0.2) is 24.5 Å². The molecule has 0 saturated carbocycles. The third-order valence-electron chi connectivity index (χ3n) is 3.82. The number of nitrogens with two attached hydrogens (primary N) is 1. The Balaban J connectivity index is 2.20. The second-order valence-corrected chi connectivity index (χ2v) is 6.68. The van der Waals surface area contributed by atoms with Gasteiger partial charge in [-0.05, 0) is 39.3 Å². The summed E-state index contributed by atoms with van der Waals surface area (Å²) in [5, 5.41) is 3.32. The molecule has 1 fully saturated rings. The van der Waals surface area contributed by atoms with Crippen LogP contribution in [0.4, 0.5) is 10.1 Å². The predicted octanol–water partition coefficient (Wildman–Crippen LogP) is 2.03. The van der Waals surface area contributed by atoms with Gasteiger partial charge in [0.25, 0.3) is 0 Å². The van der Waals surface area contributed by atoms with E-state index < -0.39 is 0 Å². The first kappa shape index (κ1) is 15.8. The zero-order valence-electron chi connectivity index (χ0n) is 12.9. The number of hydrogen-bond acceptors (Lipinski definition) is 3. The molecule has 1 aliphatic heterocycles. The van der Waals surface area contributed by atoms with E-state index in [0.29, 0.717) is 18.7 Å². The van der Waals surface area contributed by atoms with E-state index in [0.717, 1.165) is 18.7 Å². The number of carbonyl (C=O) groups excluding carboxylic acids is 1. The van der Waals surface area contributed by atoms with Gasteiger partial charge in [0.05, 0.1) is 5.92 Å². The molecule has 116 valence electrons. The monoisotopic (exact) mass is 293 g/mol. The molecule has 1 aliphatic rings. The van der Waals surface area contributed by atoms with E-state index in [1.54, 1.807) is 6.07 Å². The van der Waals surface area contributed by atoms with Crippen molar-refractivity contribution in [3.8, 4) is 0 Å². The lowest BCUT2D eigenvalue weighted by molar-refractivity contribution is -0.121. The first-order chi connectivity index (χ1) is 9.78. The molecule has 0 radical (unpaired) electrons. The summed E-state index contributed by atoms with van der Waals surface area (Å²) in [6, 6.07) is 5.10. The van der Waals surface area contributed by atoms with Crippen LogP contribution in [0.5, 0.6) is 0 Å². The van der Waals surface area contributed by atoms with Gasteiger partial charge in [-0.1, -0.05) is 6.07 Å². The molecule has 5 heteroatoms. The normalized spacial score (nSPS) is 19.0. The number of carbonyl (C=O) groups is 1. The van der Waals surface area contributed by atoms with Gasteiger partial charge in [0.15, 0.2) is 0 Å². The highest BCUT2D eigenvalue weighted by Gasteiger charge is 2.28. The van der Waals surface area contributed by atoms with Crippen LogP contribution >= 0.6 is 0 Å². The summed E-state index contributed by atoms with van der Waals surface area (Å²) in [7, 11) is 0. The lowest BCUT2D eigenvalue weighted by atomic mass is 10.1. The van der Waals surface area contributed by atoms with Gasteiger partial charge in [0.2, 0.25) is 5.91 Å². The molecule has 0 bridgehead atoms. The summed E-state index contributed by atoms with van der Waals surface area (Å²) >= 11 is 0. The van der Waals surface area contributed by atoms with Crippen molar-refractivity contribution >= 4 is 11.6 Å². The highest BCUT2D eigenvalue weighted by atomic mass is 19.1. The summed E-state index contributed by atoms with van der Waals surface area (Å²) in [5.41, 5.74) is 6.79. The summed E-state index contributed by atoms with van der Waals surface area (Å²) in [5.74, 6) is -0.633. The maximum Gasteiger partial charge on any atom is 0.222 e. The summed E-state index contributed by atoms with van der Waals surface area (Å²) in [6.07, 6.45) is 0.734. The second kappa shape index (κ2) is 6.02. The zero-order valence-corrected chi connectivity index (χ0v) is 12.9. The van der Waals surface area contributed by atoms with Crippen LogP contribution in [0, 0.1) is 11.7 Å². The molecule has 2 rings (SSSR count). The van der Waals surface area contributed by atoms with Crippen LogP contribution in [-0.2, 0) is 11.3 Å². The van der Waals surface area contributed by atoms with Crippen molar-refractivity contribution in [2.45, 2.75) is 39.3 Å². The molecule has 1 saturated heterocycles. The Morgan fingerprint density at radius 3 is 2.76 bits per heavy atom. The molecule has 21 heavy (non-hydrogen) atoms. The van der Waals surface area contributed by atoms with E-state index in [-0.39, 0.29) is 23.2 Å². The van der Waals surface area contributed by atoms with Crippen LogP contribution in [0.2, 0.25) is 0 Å². The van der Waals surface area contributed by atoms with Crippen LogP contribution in [0.15, 0.2) is 18.2 Å². The Bertz CT molecular complexity index is 525. The topological polar surface area (TPSA) is 58.4 Å². The number of nitrogens with one attached hydrogen (secondary N) is 1. The number of amides is 1. The second-order valence-electron chi connectivity index (χ2n) is 6.68. The van der Waals surface area contributed by atoms with E-state index in [1.165, 1.54) is 6.07 Å². The van der Waals surface area contributed by atoms with Crippen molar-refractivity contribution in [2.24, 2.45) is 11.7 Å². The SMILES string of the molecule is CC(C)(C)NCc1c(F)cccc1N1CCC(C(N)=O)C1. The number of rotatable bonds is 4. The van der Waals surface area contributed by atoms with E-state index in [4.69, 9.17) is 5.73 Å². The number of nitrogens with zero attached hydrogens (tertiary/aromatic N) is 1. The molecule has 4 nitrogen and oxygen atoms in total. The molecule has 1 atom stereocenters. The lowest BCUT2D eigenvalue weighted by Gasteiger charge is -2.25. The first-order valence-corrected chi connectivity index (χ1v) is 7.34. The molecule has 1 aromatic carbocycles. The minimum Gasteiger partial charge on any atom is -0.370 e. The number of primary amides is 1. The highest BCUT2D eigenvalue weighted by Crippen LogP contribution is 2.29. The summed E-state index contributed by atoms with van der Waals surface area (Å²) < 4.78 is 14.2. The third kappa shape index (κ3) is 3.94. The van der Waals surface area contributed by atoms with Gasteiger partial charge in [0, 0.05) is 36.4 Å². The van der Waals surface area contributed by atoms with Gasteiger partial charge >= 0.3 is 0 Å². The van der Waals surface area contributed by atoms with Crippen molar-refractivity contribution in [3.05, 3.63) is 29.6 Å². The van der Waals surface area contributed by atoms with Gasteiger partial charge in [0.1, 0.15) is 5.82 Å². The molecule has 0 aromatic heterocycles. The smallest absolute Gasteiger partial charge is 0.222 e. The Kier molecular flexibility index (Phi) is 4.52. The van der Waals surface area contributed by atoms with Crippen LogP contribution in [0.1, 0.15) is 32.8 Å². The first-order valence-electron chi connectivity index (χ1n) is 7.34. The van der Waals surface area contributed by atoms with Crippen LogP contribution in [0.25, 0.3) is 0 Å². The van der Waals surface area contributed by atoms with Crippen molar-refractivity contribution in [3.63, 3.8) is 0 Å². The number of anilines is 1. The highest BCUT2D eigenvalue weighted by molar-refractivity contribution is 5.78. The molecular weight excluding hydrogens is 269 g/mol. The quantitative estimate of drug-likeness (QED) is 0.893. The minimum atomic E-state index is -0.275. The van der Waals surface area contributed by atoms with Gasteiger partial charge in [-0.3, -0.25) is 4.79 Å². The van der Waals surface area contributed by atoms with Gasteiger partial charge in [-0.25, -0.2) is 4.39 Å². The molecule has 1 amide bonds. The molecular formula is C16H24FN3O. The number of benzene rings is 1.